The number of rotatable bonds is 72. The average molecular weight is 1340 g/mol. The maximum Gasteiger partial charge on any atom is 0.472 e. The van der Waals surface area contributed by atoms with Crippen molar-refractivity contribution >= 4 is 39.5 Å². The molecule has 17 nitrogen and oxygen atoms in total. The Hall–Kier alpha value is -1.94. The van der Waals surface area contributed by atoms with Crippen LogP contribution >= 0.6 is 15.6 Å². The van der Waals surface area contributed by atoms with E-state index in [2.05, 4.69) is 34.6 Å². The van der Waals surface area contributed by atoms with Gasteiger partial charge in [0.25, 0.3) is 0 Å². The van der Waals surface area contributed by atoms with Crippen molar-refractivity contribution in [2.45, 2.75) is 393 Å². The van der Waals surface area contributed by atoms with Crippen molar-refractivity contribution in [2.24, 2.45) is 5.92 Å². The van der Waals surface area contributed by atoms with Crippen molar-refractivity contribution in [3.8, 4) is 0 Å². The van der Waals surface area contributed by atoms with E-state index in [1.165, 1.54) is 193 Å². The zero-order valence-electron chi connectivity index (χ0n) is 59.0. The highest BCUT2D eigenvalue weighted by Crippen LogP contribution is 2.45. The molecule has 0 aliphatic heterocycles. The second kappa shape index (κ2) is 65.4. The van der Waals surface area contributed by atoms with Crippen LogP contribution in [0.2, 0.25) is 0 Å². The molecule has 3 N–H and O–H groups in total. The average Bonchev–Trinajstić information content (AvgIpc) is 3.74. The number of aliphatic hydroxyl groups excluding tert-OH is 1. The highest BCUT2D eigenvalue weighted by atomic mass is 31.2. The van der Waals surface area contributed by atoms with Gasteiger partial charge in [0, 0.05) is 25.7 Å². The van der Waals surface area contributed by atoms with Crippen LogP contribution < -0.4 is 0 Å². The van der Waals surface area contributed by atoms with E-state index in [1.807, 2.05) is 0 Å². The number of carbonyl (C=O) groups is 4. The number of unbranched alkanes of at least 4 members (excludes halogenated alkanes) is 43. The first kappa shape index (κ1) is 89.1. The number of ether oxygens (including phenoxy) is 4. The Morgan fingerprint density at radius 1 is 0.308 bits per heavy atom. The summed E-state index contributed by atoms with van der Waals surface area (Å²) in [6.45, 7) is 7.22. The molecule has 3 unspecified atom stereocenters. The quantitative estimate of drug-likeness (QED) is 0.0222. The molecule has 0 saturated heterocycles. The second-order valence-electron chi connectivity index (χ2n) is 26.2. The fourth-order valence-electron chi connectivity index (χ4n) is 11.0. The molecule has 0 aromatic heterocycles. The first-order valence-electron chi connectivity index (χ1n) is 37.7. The molecule has 91 heavy (non-hydrogen) atoms. The Balaban J connectivity index is 5.22. The minimum Gasteiger partial charge on any atom is -0.462 e. The van der Waals surface area contributed by atoms with Crippen molar-refractivity contribution in [1.82, 2.24) is 0 Å². The van der Waals surface area contributed by atoms with Gasteiger partial charge in [-0.25, -0.2) is 9.13 Å². The Morgan fingerprint density at radius 2 is 0.527 bits per heavy atom. The molecular weight excluding hydrogens is 1200 g/mol. The molecule has 6 atom stereocenters. The minimum absolute atomic E-state index is 0.106. The zero-order valence-corrected chi connectivity index (χ0v) is 60.8. The van der Waals surface area contributed by atoms with Crippen molar-refractivity contribution in [2.75, 3.05) is 39.6 Å². The first-order chi connectivity index (χ1) is 44.1. The number of esters is 4. The van der Waals surface area contributed by atoms with E-state index in [0.717, 1.165) is 102 Å². The highest BCUT2D eigenvalue weighted by molar-refractivity contribution is 7.47. The van der Waals surface area contributed by atoms with E-state index in [1.54, 1.807) is 0 Å². The van der Waals surface area contributed by atoms with Gasteiger partial charge < -0.3 is 33.8 Å². The zero-order chi connectivity index (χ0) is 67.0. The summed E-state index contributed by atoms with van der Waals surface area (Å²) in [6.07, 6.45) is 52.7. The SMILES string of the molecule is CCCCCCCCCCCCCCCCCCCCC(=O)O[C@H](COC(=O)CCCCCCCCCCCCCC)COP(=O)(O)OC[C@@H](O)COP(=O)(O)OC[C@@H](COC(=O)CCCCCCCCC(C)CC)OC(=O)CCCCCCCCCCCCC. The largest absolute Gasteiger partial charge is 0.472 e. The molecule has 0 saturated carbocycles. The number of phosphoric ester groups is 2. The summed E-state index contributed by atoms with van der Waals surface area (Å²) in [6, 6.07) is 0. The lowest BCUT2D eigenvalue weighted by molar-refractivity contribution is -0.161. The number of hydrogen-bond donors (Lipinski definition) is 3. The molecule has 0 fully saturated rings. The van der Waals surface area contributed by atoms with Crippen molar-refractivity contribution < 1.29 is 80.2 Å². The van der Waals surface area contributed by atoms with Crippen LogP contribution in [0.5, 0.6) is 0 Å². The molecule has 0 heterocycles. The molecule has 0 aliphatic rings. The topological polar surface area (TPSA) is 237 Å². The third-order valence-electron chi connectivity index (χ3n) is 17.1. The molecule has 0 radical (unpaired) electrons. The molecule has 19 heteroatoms. The predicted molar refractivity (Wildman–Crippen MR) is 368 cm³/mol. The third-order valence-corrected chi connectivity index (χ3v) is 19.0. The number of aliphatic hydroxyl groups is 1. The monoisotopic (exact) mass is 1340 g/mol. The highest BCUT2D eigenvalue weighted by Gasteiger charge is 2.30. The second-order valence-corrected chi connectivity index (χ2v) is 29.1. The summed E-state index contributed by atoms with van der Waals surface area (Å²) >= 11 is 0. The van der Waals surface area contributed by atoms with Crippen LogP contribution in [0.4, 0.5) is 0 Å². The van der Waals surface area contributed by atoms with Crippen LogP contribution in [-0.4, -0.2) is 96.7 Å². The van der Waals surface area contributed by atoms with Gasteiger partial charge >= 0.3 is 39.5 Å². The third kappa shape index (κ3) is 65.1. The van der Waals surface area contributed by atoms with Gasteiger partial charge in [-0.05, 0) is 31.6 Å². The van der Waals surface area contributed by atoms with Gasteiger partial charge in [-0.15, -0.1) is 0 Å². The minimum atomic E-state index is -4.95. The van der Waals surface area contributed by atoms with Crippen LogP contribution in [-0.2, 0) is 65.4 Å². The standard InChI is InChI=1S/C72H140O17P2/c1-6-10-13-16-19-22-25-27-28-29-30-31-32-35-38-41-48-53-58-72(77)88-67(61-82-69(74)55-50-45-39-36-34-26-23-20-17-14-11-7-2)63-86-90(78,79)84-59-66(73)60-85-91(80,81)87-64-68(62-83-70(75)56-51-46-43-42-44-49-54-65(5)9-4)89-71(76)57-52-47-40-37-33-24-21-18-15-12-8-3/h65-68,73H,6-64H2,1-5H3,(H,78,79)(H,80,81)/t65?,66-,67-,68-/m1/s1. The summed E-state index contributed by atoms with van der Waals surface area (Å²) in [5.41, 5.74) is 0. The van der Waals surface area contributed by atoms with Crippen LogP contribution in [0, 0.1) is 5.92 Å². The van der Waals surface area contributed by atoms with E-state index in [0.29, 0.717) is 25.7 Å². The molecule has 0 aromatic carbocycles. The molecular formula is C72H140O17P2. The predicted octanol–water partition coefficient (Wildman–Crippen LogP) is 20.9. The molecule has 0 amide bonds. The van der Waals surface area contributed by atoms with Gasteiger partial charge in [0.1, 0.15) is 19.3 Å². The van der Waals surface area contributed by atoms with Crippen LogP contribution in [0.25, 0.3) is 0 Å². The van der Waals surface area contributed by atoms with E-state index >= 15 is 0 Å². The van der Waals surface area contributed by atoms with E-state index < -0.39 is 97.5 Å². The number of carbonyl (C=O) groups excluding carboxylic acids is 4. The van der Waals surface area contributed by atoms with Crippen molar-refractivity contribution in [1.29, 1.82) is 0 Å². The Kier molecular flexibility index (Phi) is 64.0. The molecule has 0 rings (SSSR count). The fraction of sp³-hybridized carbons (Fsp3) is 0.944. The maximum absolute atomic E-state index is 13.0. The lowest BCUT2D eigenvalue weighted by atomic mass is 10.00. The summed E-state index contributed by atoms with van der Waals surface area (Å²) in [5.74, 6) is -1.39. The van der Waals surface area contributed by atoms with Gasteiger partial charge in [-0.3, -0.25) is 37.3 Å². The summed E-state index contributed by atoms with van der Waals surface area (Å²) in [4.78, 5) is 72.6. The van der Waals surface area contributed by atoms with Crippen LogP contribution in [0.1, 0.15) is 375 Å². The van der Waals surface area contributed by atoms with E-state index in [4.69, 9.17) is 37.0 Å². The van der Waals surface area contributed by atoms with E-state index in [9.17, 15) is 43.2 Å². The van der Waals surface area contributed by atoms with Crippen LogP contribution in [0.3, 0.4) is 0 Å². The molecule has 0 aliphatic carbocycles. The normalized spacial score (nSPS) is 14.3. The van der Waals surface area contributed by atoms with Crippen molar-refractivity contribution in [3.05, 3.63) is 0 Å². The summed E-state index contributed by atoms with van der Waals surface area (Å²) < 4.78 is 68.3. The molecule has 540 valence electrons. The van der Waals surface area contributed by atoms with Crippen molar-refractivity contribution in [3.63, 3.8) is 0 Å². The van der Waals surface area contributed by atoms with Gasteiger partial charge in [0.15, 0.2) is 12.2 Å². The molecule has 0 bridgehead atoms. The number of phosphoric acid groups is 2. The van der Waals surface area contributed by atoms with E-state index in [-0.39, 0.29) is 25.7 Å². The Labute approximate surface area is 556 Å². The van der Waals surface area contributed by atoms with Crippen LogP contribution in [0.15, 0.2) is 0 Å². The summed E-state index contributed by atoms with van der Waals surface area (Å²) in [7, 11) is -9.90. The first-order valence-corrected chi connectivity index (χ1v) is 40.7. The van der Waals surface area contributed by atoms with Gasteiger partial charge in [0.05, 0.1) is 26.4 Å². The lowest BCUT2D eigenvalue weighted by Crippen LogP contribution is -2.30. The number of hydrogen-bond acceptors (Lipinski definition) is 15. The smallest absolute Gasteiger partial charge is 0.462 e. The lowest BCUT2D eigenvalue weighted by Gasteiger charge is -2.21. The molecule has 0 spiro atoms. The van der Waals surface area contributed by atoms with Gasteiger partial charge in [-0.1, -0.05) is 324 Å². The fourth-order valence-corrected chi connectivity index (χ4v) is 12.5. The maximum atomic E-state index is 13.0. The Morgan fingerprint density at radius 3 is 0.780 bits per heavy atom. The molecule has 0 aromatic rings. The Bertz CT molecular complexity index is 1760. The van der Waals surface area contributed by atoms with Gasteiger partial charge in [0.2, 0.25) is 0 Å². The van der Waals surface area contributed by atoms with Gasteiger partial charge in [-0.2, -0.15) is 0 Å². The summed E-state index contributed by atoms with van der Waals surface area (Å²) in [5, 5.41) is 10.6.